The van der Waals surface area contributed by atoms with Crippen molar-refractivity contribution in [1.29, 1.82) is 0 Å². The summed E-state index contributed by atoms with van der Waals surface area (Å²) in [6.07, 6.45) is 3.80. The van der Waals surface area contributed by atoms with Gasteiger partial charge in [-0.15, -0.1) is 0 Å². The van der Waals surface area contributed by atoms with Gasteiger partial charge in [0.05, 0.1) is 0 Å². The van der Waals surface area contributed by atoms with E-state index in [1.807, 2.05) is 0 Å². The van der Waals surface area contributed by atoms with Crippen LogP contribution in [-0.2, 0) is 19.4 Å². The maximum Gasteiger partial charge on any atom is 0.0290 e. The molecular weight excluding hydrogens is 198 g/mol. The van der Waals surface area contributed by atoms with Crippen molar-refractivity contribution in [3.8, 4) is 0 Å². The Labute approximate surface area is 97.2 Å². The Hall–Kier alpha value is -0.900. The molecule has 1 aromatic rings. The molecule has 0 aliphatic heterocycles. The van der Waals surface area contributed by atoms with Crippen LogP contribution in [0.2, 0.25) is 0 Å². The minimum atomic E-state index is 0.0643. The van der Waals surface area contributed by atoms with E-state index in [1.54, 1.807) is 0 Å². The normalized spacial score (nSPS) is 16.1. The lowest BCUT2D eigenvalue weighted by Gasteiger charge is -2.11. The SMILES string of the molecule is NCC(N)CNCc1ccc2c(c1)CCC2. The molecule has 2 rings (SSSR count). The molecule has 1 aliphatic carbocycles. The summed E-state index contributed by atoms with van der Waals surface area (Å²) in [5.41, 5.74) is 15.6. The van der Waals surface area contributed by atoms with Crippen molar-refractivity contribution in [3.63, 3.8) is 0 Å². The number of hydrogen-bond donors (Lipinski definition) is 3. The predicted molar refractivity (Wildman–Crippen MR) is 67.2 cm³/mol. The van der Waals surface area contributed by atoms with Gasteiger partial charge in [0.1, 0.15) is 0 Å². The number of hydrogen-bond acceptors (Lipinski definition) is 3. The Morgan fingerprint density at radius 1 is 1.25 bits per heavy atom. The number of nitrogens with two attached hydrogens (primary N) is 2. The summed E-state index contributed by atoms with van der Waals surface area (Å²) < 4.78 is 0. The summed E-state index contributed by atoms with van der Waals surface area (Å²) >= 11 is 0. The van der Waals surface area contributed by atoms with E-state index in [9.17, 15) is 0 Å². The van der Waals surface area contributed by atoms with Crippen LogP contribution in [0.15, 0.2) is 18.2 Å². The van der Waals surface area contributed by atoms with E-state index in [4.69, 9.17) is 11.5 Å². The second-order valence-corrected chi connectivity index (χ2v) is 4.58. The van der Waals surface area contributed by atoms with Gasteiger partial charge in [0.25, 0.3) is 0 Å². The van der Waals surface area contributed by atoms with Gasteiger partial charge in [0, 0.05) is 25.7 Å². The van der Waals surface area contributed by atoms with E-state index in [1.165, 1.54) is 36.0 Å². The van der Waals surface area contributed by atoms with Gasteiger partial charge in [-0.1, -0.05) is 18.2 Å². The Kier molecular flexibility index (Phi) is 3.93. The van der Waals surface area contributed by atoms with Crippen molar-refractivity contribution in [1.82, 2.24) is 5.32 Å². The molecule has 16 heavy (non-hydrogen) atoms. The fourth-order valence-electron chi connectivity index (χ4n) is 2.22. The number of fused-ring (bicyclic) bond motifs is 1. The fraction of sp³-hybridized carbons (Fsp3) is 0.538. The van der Waals surface area contributed by atoms with Crippen molar-refractivity contribution >= 4 is 0 Å². The molecule has 0 saturated heterocycles. The van der Waals surface area contributed by atoms with Gasteiger partial charge in [0.15, 0.2) is 0 Å². The van der Waals surface area contributed by atoms with Crippen LogP contribution in [0.3, 0.4) is 0 Å². The Balaban J connectivity index is 1.86. The smallest absolute Gasteiger partial charge is 0.0290 e. The molecule has 1 unspecified atom stereocenters. The molecule has 3 heteroatoms. The summed E-state index contributed by atoms with van der Waals surface area (Å²) in [4.78, 5) is 0. The van der Waals surface area contributed by atoms with E-state index in [-0.39, 0.29) is 6.04 Å². The van der Waals surface area contributed by atoms with Crippen LogP contribution in [-0.4, -0.2) is 19.1 Å². The number of benzene rings is 1. The Morgan fingerprint density at radius 3 is 2.88 bits per heavy atom. The van der Waals surface area contributed by atoms with E-state index in [0.717, 1.165) is 13.1 Å². The maximum atomic E-state index is 5.74. The average Bonchev–Trinajstić information content (AvgIpc) is 2.76. The van der Waals surface area contributed by atoms with Crippen LogP contribution in [0.4, 0.5) is 0 Å². The maximum absolute atomic E-state index is 5.74. The first-order valence-electron chi connectivity index (χ1n) is 6.06. The summed E-state index contributed by atoms with van der Waals surface area (Å²) in [6.45, 7) is 2.21. The zero-order chi connectivity index (χ0) is 11.4. The minimum absolute atomic E-state index is 0.0643. The van der Waals surface area contributed by atoms with Gasteiger partial charge >= 0.3 is 0 Å². The summed E-state index contributed by atoms with van der Waals surface area (Å²) in [5.74, 6) is 0. The lowest BCUT2D eigenvalue weighted by molar-refractivity contribution is 0.582. The fourth-order valence-corrected chi connectivity index (χ4v) is 2.22. The summed E-state index contributed by atoms with van der Waals surface area (Å²) in [6, 6.07) is 6.87. The van der Waals surface area contributed by atoms with Crippen LogP contribution in [0, 0.1) is 0 Å². The molecule has 1 aliphatic rings. The second-order valence-electron chi connectivity index (χ2n) is 4.58. The van der Waals surface area contributed by atoms with Crippen molar-refractivity contribution in [2.24, 2.45) is 11.5 Å². The molecule has 1 aromatic carbocycles. The Morgan fingerprint density at radius 2 is 2.06 bits per heavy atom. The molecule has 0 fully saturated rings. The summed E-state index contributed by atoms with van der Waals surface area (Å²) in [7, 11) is 0. The molecule has 0 aromatic heterocycles. The third-order valence-electron chi connectivity index (χ3n) is 3.20. The van der Waals surface area contributed by atoms with E-state index < -0.39 is 0 Å². The first-order chi connectivity index (χ1) is 7.79. The third kappa shape index (κ3) is 2.82. The highest BCUT2D eigenvalue weighted by atomic mass is 14.9. The van der Waals surface area contributed by atoms with Gasteiger partial charge in [-0.3, -0.25) is 0 Å². The molecule has 88 valence electrons. The zero-order valence-corrected chi connectivity index (χ0v) is 9.71. The van der Waals surface area contributed by atoms with E-state index in [0.29, 0.717) is 6.54 Å². The number of nitrogens with one attached hydrogen (secondary N) is 1. The standard InChI is InChI=1S/C13H21N3/c14-7-13(15)9-16-8-10-4-5-11-2-1-3-12(11)6-10/h4-6,13,16H,1-3,7-9,14-15H2. The molecule has 0 heterocycles. The molecule has 0 amide bonds. The van der Waals surface area contributed by atoms with E-state index >= 15 is 0 Å². The largest absolute Gasteiger partial charge is 0.329 e. The van der Waals surface area contributed by atoms with Gasteiger partial charge < -0.3 is 16.8 Å². The van der Waals surface area contributed by atoms with Gasteiger partial charge in [-0.05, 0) is 36.0 Å². The molecular formula is C13H21N3. The molecule has 1 atom stereocenters. The second kappa shape index (κ2) is 5.43. The van der Waals surface area contributed by atoms with Crippen LogP contribution >= 0.6 is 0 Å². The molecule has 0 spiro atoms. The highest BCUT2D eigenvalue weighted by Crippen LogP contribution is 2.22. The van der Waals surface area contributed by atoms with Crippen molar-refractivity contribution < 1.29 is 0 Å². The summed E-state index contributed by atoms with van der Waals surface area (Å²) in [5, 5.41) is 3.34. The average molecular weight is 219 g/mol. The predicted octanol–water partition coefficient (Wildman–Crippen LogP) is 0.551. The lowest BCUT2D eigenvalue weighted by atomic mass is 10.1. The van der Waals surface area contributed by atoms with Gasteiger partial charge in [0.2, 0.25) is 0 Å². The molecule has 0 bridgehead atoms. The molecule has 0 saturated carbocycles. The highest BCUT2D eigenvalue weighted by Gasteiger charge is 2.10. The van der Waals surface area contributed by atoms with Gasteiger partial charge in [-0.2, -0.15) is 0 Å². The quantitative estimate of drug-likeness (QED) is 0.677. The van der Waals surface area contributed by atoms with E-state index in [2.05, 4.69) is 23.5 Å². The Bertz CT molecular complexity index is 349. The minimum Gasteiger partial charge on any atom is -0.329 e. The van der Waals surface area contributed by atoms with Crippen molar-refractivity contribution in [3.05, 3.63) is 34.9 Å². The zero-order valence-electron chi connectivity index (χ0n) is 9.71. The molecule has 5 N–H and O–H groups in total. The van der Waals surface area contributed by atoms with Crippen molar-refractivity contribution in [2.45, 2.75) is 31.8 Å². The van der Waals surface area contributed by atoms with Crippen LogP contribution in [0.25, 0.3) is 0 Å². The topological polar surface area (TPSA) is 64.1 Å². The third-order valence-corrected chi connectivity index (χ3v) is 3.20. The molecule has 3 nitrogen and oxygen atoms in total. The van der Waals surface area contributed by atoms with Crippen LogP contribution < -0.4 is 16.8 Å². The monoisotopic (exact) mass is 219 g/mol. The lowest BCUT2D eigenvalue weighted by Crippen LogP contribution is -2.39. The molecule has 0 radical (unpaired) electrons. The van der Waals surface area contributed by atoms with Crippen LogP contribution in [0.5, 0.6) is 0 Å². The first-order valence-corrected chi connectivity index (χ1v) is 6.06. The van der Waals surface area contributed by atoms with Gasteiger partial charge in [-0.25, -0.2) is 0 Å². The first kappa shape index (κ1) is 11.6. The number of aryl methyl sites for hydroxylation is 2. The number of rotatable bonds is 5. The highest BCUT2D eigenvalue weighted by molar-refractivity contribution is 5.35. The van der Waals surface area contributed by atoms with Crippen molar-refractivity contribution in [2.75, 3.05) is 13.1 Å². The van der Waals surface area contributed by atoms with Crippen LogP contribution in [0.1, 0.15) is 23.1 Å².